The molecule has 0 bridgehead atoms. The van der Waals surface area contributed by atoms with Gasteiger partial charge in [0.15, 0.2) is 0 Å². The van der Waals surface area contributed by atoms with Crippen LogP contribution in [0.1, 0.15) is 43.4 Å². The molecule has 3 nitrogen and oxygen atoms in total. The van der Waals surface area contributed by atoms with Crippen molar-refractivity contribution in [1.82, 2.24) is 14.8 Å². The molecule has 1 aromatic heterocycles. The Hall–Kier alpha value is -3.04. The van der Waals surface area contributed by atoms with Gasteiger partial charge in [0.05, 0.1) is 16.2 Å². The van der Waals surface area contributed by atoms with E-state index in [2.05, 4.69) is 85.4 Å². The van der Waals surface area contributed by atoms with Crippen molar-refractivity contribution in [3.63, 3.8) is 0 Å². The monoisotopic (exact) mass is 471 g/mol. The number of hydrogen-bond acceptors (Lipinski definition) is 3. The third-order valence-electron chi connectivity index (χ3n) is 6.66. The molecule has 1 aliphatic heterocycles. The Balaban J connectivity index is 1.60. The van der Waals surface area contributed by atoms with Gasteiger partial charge in [-0.05, 0) is 55.2 Å². The number of benzene rings is 2. The van der Waals surface area contributed by atoms with Crippen LogP contribution >= 0.6 is 11.6 Å². The third-order valence-corrected chi connectivity index (χ3v) is 6.97. The van der Waals surface area contributed by atoms with Crippen molar-refractivity contribution in [2.24, 2.45) is 0 Å². The molecule has 0 aliphatic carbocycles. The zero-order chi connectivity index (χ0) is 24.2. The lowest BCUT2D eigenvalue weighted by atomic mass is 10.0. The highest BCUT2D eigenvalue weighted by atomic mass is 35.5. The van der Waals surface area contributed by atoms with Crippen molar-refractivity contribution in [2.45, 2.75) is 33.6 Å². The first-order valence-corrected chi connectivity index (χ1v) is 12.5. The van der Waals surface area contributed by atoms with Crippen LogP contribution in [0.3, 0.4) is 0 Å². The first-order valence-electron chi connectivity index (χ1n) is 12.1. The van der Waals surface area contributed by atoms with Crippen LogP contribution in [0, 0.1) is 6.92 Å². The number of aryl methyl sites for hydroxylation is 1. The lowest BCUT2D eigenvalue weighted by Gasteiger charge is -2.39. The number of allylic oxidation sites excluding steroid dienone is 2. The van der Waals surface area contributed by atoms with Gasteiger partial charge in [-0.15, -0.1) is 0 Å². The van der Waals surface area contributed by atoms with Gasteiger partial charge >= 0.3 is 0 Å². The van der Waals surface area contributed by atoms with Crippen LogP contribution < -0.4 is 0 Å². The van der Waals surface area contributed by atoms with Crippen molar-refractivity contribution in [1.29, 1.82) is 0 Å². The van der Waals surface area contributed by atoms with E-state index in [0.29, 0.717) is 5.02 Å². The zero-order valence-electron chi connectivity index (χ0n) is 20.6. The average molecular weight is 472 g/mol. The summed E-state index contributed by atoms with van der Waals surface area (Å²) in [5, 5.41) is 1.68. The van der Waals surface area contributed by atoms with Crippen molar-refractivity contribution in [3.8, 4) is 11.3 Å². The molecule has 0 unspecified atom stereocenters. The van der Waals surface area contributed by atoms with Gasteiger partial charge in [0, 0.05) is 48.5 Å². The van der Waals surface area contributed by atoms with E-state index in [-0.39, 0.29) is 0 Å². The lowest BCUT2D eigenvalue weighted by Crippen LogP contribution is -2.44. The summed E-state index contributed by atoms with van der Waals surface area (Å²) in [6.45, 7) is 18.9. The molecule has 0 amide bonds. The van der Waals surface area contributed by atoms with Crippen molar-refractivity contribution >= 4 is 34.3 Å². The molecule has 0 spiro atoms. The Morgan fingerprint density at radius 1 is 1.03 bits per heavy atom. The highest BCUT2D eigenvalue weighted by Crippen LogP contribution is 2.32. The summed E-state index contributed by atoms with van der Waals surface area (Å²) in [6.07, 6.45) is 6.39. The maximum absolute atomic E-state index is 6.70. The zero-order valence-corrected chi connectivity index (χ0v) is 21.3. The topological polar surface area (TPSA) is 19.4 Å². The van der Waals surface area contributed by atoms with Crippen molar-refractivity contribution in [3.05, 3.63) is 89.1 Å². The van der Waals surface area contributed by atoms with Gasteiger partial charge in [0.1, 0.15) is 0 Å². The van der Waals surface area contributed by atoms with E-state index in [1.165, 1.54) is 16.8 Å². The molecular weight excluding hydrogens is 438 g/mol. The summed E-state index contributed by atoms with van der Waals surface area (Å²) >= 11 is 6.70. The van der Waals surface area contributed by atoms with Crippen molar-refractivity contribution in [2.75, 3.05) is 26.2 Å². The number of piperazine rings is 1. The Morgan fingerprint density at radius 3 is 2.47 bits per heavy atom. The van der Waals surface area contributed by atoms with Crippen LogP contribution in [-0.2, 0) is 0 Å². The van der Waals surface area contributed by atoms with Crippen LogP contribution in [0.2, 0.25) is 5.02 Å². The molecule has 1 saturated heterocycles. The maximum Gasteiger partial charge on any atom is 0.0731 e. The van der Waals surface area contributed by atoms with Gasteiger partial charge in [-0.1, -0.05) is 74.5 Å². The fraction of sp³-hybridized carbons (Fsp3) is 0.300. The highest BCUT2D eigenvalue weighted by molar-refractivity contribution is 6.35. The summed E-state index contributed by atoms with van der Waals surface area (Å²) in [7, 11) is 0. The third kappa shape index (κ3) is 5.05. The quantitative estimate of drug-likeness (QED) is 0.350. The summed E-state index contributed by atoms with van der Waals surface area (Å²) < 4.78 is 0. The minimum atomic E-state index is 0.716. The van der Waals surface area contributed by atoms with Crippen LogP contribution in [-0.4, -0.2) is 41.0 Å². The minimum absolute atomic E-state index is 0.716. The molecular formula is C30H34ClN3. The van der Waals surface area contributed by atoms with Gasteiger partial charge in [0.25, 0.3) is 0 Å². The first-order chi connectivity index (χ1) is 16.4. The second kappa shape index (κ2) is 10.5. The largest absolute Gasteiger partial charge is 0.372 e. The molecule has 3 aromatic rings. The number of fused-ring (bicyclic) bond motifs is 1. The van der Waals surface area contributed by atoms with E-state index < -0.39 is 0 Å². The first kappa shape index (κ1) is 24.1. The van der Waals surface area contributed by atoms with E-state index in [9.17, 15) is 0 Å². The van der Waals surface area contributed by atoms with E-state index >= 15 is 0 Å². The molecule has 0 radical (unpaired) electrons. The predicted octanol–water partition coefficient (Wildman–Crippen LogP) is 7.80. The Kier molecular flexibility index (Phi) is 7.43. The van der Waals surface area contributed by atoms with Gasteiger partial charge < -0.3 is 9.80 Å². The SMILES string of the molecule is C=C(CCC)N1CCN(C(=C)c2ccc3c(Cl)cc(-c4ccc(C)c(/C=C\C)c4)nc3c2)CC1. The molecule has 176 valence electrons. The molecule has 2 aromatic carbocycles. The molecule has 2 heterocycles. The van der Waals surface area contributed by atoms with Crippen LogP contribution in [0.5, 0.6) is 0 Å². The number of rotatable bonds is 7. The molecule has 0 N–H and O–H groups in total. The second-order valence-corrected chi connectivity index (χ2v) is 9.44. The highest BCUT2D eigenvalue weighted by Gasteiger charge is 2.20. The molecule has 34 heavy (non-hydrogen) atoms. The molecule has 1 aliphatic rings. The molecule has 0 saturated carbocycles. The summed E-state index contributed by atoms with van der Waals surface area (Å²) in [5.74, 6) is 0. The van der Waals surface area contributed by atoms with E-state index in [1.807, 2.05) is 13.0 Å². The number of pyridine rings is 1. The molecule has 1 fully saturated rings. The Morgan fingerprint density at radius 2 is 1.76 bits per heavy atom. The molecule has 4 rings (SSSR count). The summed E-state index contributed by atoms with van der Waals surface area (Å²) in [5.41, 5.74) is 8.66. The lowest BCUT2D eigenvalue weighted by molar-refractivity contribution is 0.209. The fourth-order valence-electron chi connectivity index (χ4n) is 4.59. The smallest absolute Gasteiger partial charge is 0.0731 e. The normalized spacial score (nSPS) is 14.2. The van der Waals surface area contributed by atoms with Gasteiger partial charge in [-0.2, -0.15) is 0 Å². The van der Waals surface area contributed by atoms with E-state index in [0.717, 1.165) is 72.4 Å². The van der Waals surface area contributed by atoms with Crippen LogP contribution in [0.15, 0.2) is 67.4 Å². The maximum atomic E-state index is 6.70. The van der Waals surface area contributed by atoms with Crippen LogP contribution in [0.25, 0.3) is 33.9 Å². The standard InChI is InChI=1S/C30H34ClN3/c1-6-8-22(4)33-14-16-34(17-15-33)23(5)25-12-13-27-28(31)20-29(32-30(27)19-25)26-11-10-21(3)24(18-26)9-7-2/h7,9-13,18-20H,4-6,8,14-17H2,1-3H3/b9-7-. The Labute approximate surface area is 209 Å². The van der Waals surface area contributed by atoms with Gasteiger partial charge in [-0.3, -0.25) is 0 Å². The average Bonchev–Trinajstić information content (AvgIpc) is 2.85. The number of hydrogen-bond donors (Lipinski definition) is 0. The second-order valence-electron chi connectivity index (χ2n) is 9.03. The molecule has 0 atom stereocenters. The number of nitrogens with zero attached hydrogens (tertiary/aromatic N) is 3. The summed E-state index contributed by atoms with van der Waals surface area (Å²) in [6, 6.07) is 14.7. The van der Waals surface area contributed by atoms with E-state index in [4.69, 9.17) is 16.6 Å². The number of aromatic nitrogens is 1. The predicted molar refractivity (Wildman–Crippen MR) is 148 cm³/mol. The van der Waals surface area contributed by atoms with Gasteiger partial charge in [0.2, 0.25) is 0 Å². The van der Waals surface area contributed by atoms with Crippen LogP contribution in [0.4, 0.5) is 0 Å². The summed E-state index contributed by atoms with van der Waals surface area (Å²) in [4.78, 5) is 9.77. The fourth-order valence-corrected chi connectivity index (χ4v) is 4.86. The Bertz CT molecular complexity index is 1250. The molecule has 4 heteroatoms. The van der Waals surface area contributed by atoms with Crippen molar-refractivity contribution < 1.29 is 0 Å². The van der Waals surface area contributed by atoms with Gasteiger partial charge in [-0.25, -0.2) is 4.98 Å². The minimum Gasteiger partial charge on any atom is -0.372 e. The van der Waals surface area contributed by atoms with E-state index in [1.54, 1.807) is 0 Å². The number of halogens is 1.